The molecule has 1 aliphatic carbocycles. The van der Waals surface area contributed by atoms with Crippen LogP contribution in [0.25, 0.3) is 0 Å². The molecule has 1 aliphatic heterocycles. The van der Waals surface area contributed by atoms with Crippen molar-refractivity contribution in [1.29, 1.82) is 0 Å². The lowest BCUT2D eigenvalue weighted by molar-refractivity contribution is 0.0730. The first-order valence-corrected chi connectivity index (χ1v) is 10.9. The number of carbonyl (C=O) groups excluding carboxylic acids is 1. The molecule has 1 amide bonds. The number of rotatable bonds is 4. The highest BCUT2D eigenvalue weighted by molar-refractivity contribution is 7.89. The summed E-state index contributed by atoms with van der Waals surface area (Å²) in [4.78, 5) is 12.6. The number of amides is 1. The number of nitrogens with one attached hydrogen (secondary N) is 1. The van der Waals surface area contributed by atoms with Crippen LogP contribution in [0.5, 0.6) is 0 Å². The summed E-state index contributed by atoms with van der Waals surface area (Å²) in [5.41, 5.74) is -0.227. The van der Waals surface area contributed by atoms with Crippen LogP contribution < -0.4 is 5.32 Å². The van der Waals surface area contributed by atoms with Crippen molar-refractivity contribution < 1.29 is 22.3 Å². The summed E-state index contributed by atoms with van der Waals surface area (Å²) in [7, 11) is -3.78. The van der Waals surface area contributed by atoms with E-state index in [1.54, 1.807) is 0 Å². The number of hydrogen-bond acceptors (Lipinski definition) is 4. The van der Waals surface area contributed by atoms with E-state index in [9.17, 15) is 17.6 Å². The third-order valence-corrected chi connectivity index (χ3v) is 7.71. The highest BCUT2D eigenvalue weighted by atomic mass is 32.2. The lowest BCUT2D eigenvalue weighted by Crippen LogP contribution is -2.44. The summed E-state index contributed by atoms with van der Waals surface area (Å²) in [6, 6.07) is 3.38. The SMILES string of the molecule is C[C@@H]1[C@H](C)CCC[C@@H]1NC(=O)c1cc(S(=O)(=O)N2CCOCC2)ccc1F. The van der Waals surface area contributed by atoms with Crippen LogP contribution >= 0.6 is 0 Å². The van der Waals surface area contributed by atoms with E-state index in [-0.39, 0.29) is 29.6 Å². The second-order valence-electron chi connectivity index (χ2n) is 7.51. The van der Waals surface area contributed by atoms with Crippen LogP contribution in [0.3, 0.4) is 0 Å². The van der Waals surface area contributed by atoms with Gasteiger partial charge in [-0.1, -0.05) is 26.7 Å². The zero-order valence-electron chi connectivity index (χ0n) is 15.8. The monoisotopic (exact) mass is 398 g/mol. The smallest absolute Gasteiger partial charge is 0.254 e. The van der Waals surface area contributed by atoms with Crippen molar-refractivity contribution in [2.75, 3.05) is 26.3 Å². The van der Waals surface area contributed by atoms with E-state index in [0.29, 0.717) is 25.0 Å². The molecule has 1 aromatic carbocycles. The Kier molecular flexibility index (Phi) is 6.18. The molecule has 1 heterocycles. The Morgan fingerprint density at radius 2 is 1.93 bits per heavy atom. The molecule has 6 nitrogen and oxygen atoms in total. The van der Waals surface area contributed by atoms with Crippen LogP contribution in [0, 0.1) is 17.7 Å². The highest BCUT2D eigenvalue weighted by Gasteiger charge is 2.31. The van der Waals surface area contributed by atoms with E-state index < -0.39 is 21.7 Å². The zero-order chi connectivity index (χ0) is 19.6. The lowest BCUT2D eigenvalue weighted by Gasteiger charge is -2.34. The molecule has 150 valence electrons. The van der Waals surface area contributed by atoms with Crippen molar-refractivity contribution in [2.24, 2.45) is 11.8 Å². The van der Waals surface area contributed by atoms with Gasteiger partial charge in [0, 0.05) is 19.1 Å². The predicted molar refractivity (Wildman–Crippen MR) is 99.4 cm³/mol. The number of nitrogens with zero attached hydrogens (tertiary/aromatic N) is 1. The number of ether oxygens (including phenoxy) is 1. The molecule has 1 aromatic rings. The second kappa shape index (κ2) is 8.24. The van der Waals surface area contributed by atoms with Gasteiger partial charge in [0.25, 0.3) is 5.91 Å². The van der Waals surface area contributed by atoms with E-state index in [4.69, 9.17) is 4.74 Å². The second-order valence-corrected chi connectivity index (χ2v) is 9.44. The van der Waals surface area contributed by atoms with Crippen molar-refractivity contribution in [3.05, 3.63) is 29.6 Å². The average molecular weight is 399 g/mol. The van der Waals surface area contributed by atoms with Crippen LogP contribution in [0.2, 0.25) is 0 Å². The van der Waals surface area contributed by atoms with Crippen molar-refractivity contribution >= 4 is 15.9 Å². The fourth-order valence-electron chi connectivity index (χ4n) is 3.81. The molecule has 1 saturated heterocycles. The number of morpholine rings is 1. The molecule has 2 aliphatic rings. The number of hydrogen-bond donors (Lipinski definition) is 1. The van der Waals surface area contributed by atoms with Crippen molar-refractivity contribution in [1.82, 2.24) is 9.62 Å². The third kappa shape index (κ3) is 4.33. The van der Waals surface area contributed by atoms with Crippen LogP contribution in [0.4, 0.5) is 4.39 Å². The average Bonchev–Trinajstić information content (AvgIpc) is 2.66. The highest BCUT2D eigenvalue weighted by Crippen LogP contribution is 2.30. The van der Waals surface area contributed by atoms with Crippen molar-refractivity contribution in [3.63, 3.8) is 0 Å². The zero-order valence-corrected chi connectivity index (χ0v) is 16.6. The molecule has 1 saturated carbocycles. The van der Waals surface area contributed by atoms with Gasteiger partial charge in [-0.2, -0.15) is 4.31 Å². The summed E-state index contributed by atoms with van der Waals surface area (Å²) in [5.74, 6) is -0.490. The third-order valence-electron chi connectivity index (χ3n) is 5.81. The molecule has 0 bridgehead atoms. The van der Waals surface area contributed by atoms with E-state index >= 15 is 0 Å². The Labute approximate surface area is 160 Å². The van der Waals surface area contributed by atoms with E-state index in [0.717, 1.165) is 31.4 Å². The van der Waals surface area contributed by atoms with E-state index in [2.05, 4.69) is 19.2 Å². The lowest BCUT2D eigenvalue weighted by atomic mass is 9.78. The minimum absolute atomic E-state index is 0.0276. The number of carbonyl (C=O) groups is 1. The topological polar surface area (TPSA) is 75.7 Å². The summed E-state index contributed by atoms with van der Waals surface area (Å²) < 4.78 is 46.3. The molecular weight excluding hydrogens is 371 g/mol. The maximum absolute atomic E-state index is 14.3. The number of sulfonamides is 1. The molecule has 8 heteroatoms. The first-order chi connectivity index (χ1) is 12.8. The molecule has 3 rings (SSSR count). The molecule has 0 aromatic heterocycles. The van der Waals surface area contributed by atoms with Crippen molar-refractivity contribution in [3.8, 4) is 0 Å². The Morgan fingerprint density at radius 1 is 1.22 bits per heavy atom. The van der Waals surface area contributed by atoms with Gasteiger partial charge in [-0.05, 0) is 36.5 Å². The van der Waals surface area contributed by atoms with E-state index in [1.807, 2.05) is 0 Å². The van der Waals surface area contributed by atoms with Crippen LogP contribution in [-0.2, 0) is 14.8 Å². The van der Waals surface area contributed by atoms with Crippen molar-refractivity contribution in [2.45, 2.75) is 44.0 Å². The molecule has 3 atom stereocenters. The predicted octanol–water partition coefficient (Wildman–Crippen LogP) is 2.40. The fourth-order valence-corrected chi connectivity index (χ4v) is 5.24. The van der Waals surface area contributed by atoms with Gasteiger partial charge in [-0.25, -0.2) is 12.8 Å². The quantitative estimate of drug-likeness (QED) is 0.845. The van der Waals surface area contributed by atoms with Crippen LogP contribution in [-0.4, -0.2) is 51.0 Å². The molecule has 0 unspecified atom stereocenters. The maximum Gasteiger partial charge on any atom is 0.254 e. The molecule has 0 spiro atoms. The summed E-state index contributed by atoms with van der Waals surface area (Å²) in [6.45, 7) is 5.39. The van der Waals surface area contributed by atoms with Gasteiger partial charge in [-0.15, -0.1) is 0 Å². The minimum Gasteiger partial charge on any atom is -0.379 e. The Hall–Kier alpha value is -1.51. The number of benzene rings is 1. The number of halogens is 1. The standard InChI is InChI=1S/C19H27FN2O4S/c1-13-4-3-5-18(14(13)2)21-19(23)16-12-15(6-7-17(16)20)27(24,25)22-8-10-26-11-9-22/h6-7,12-14,18H,3-5,8-11H2,1-2H3,(H,21,23)/t13-,14-,18+/m1/s1. The molecule has 0 radical (unpaired) electrons. The van der Waals surface area contributed by atoms with Gasteiger partial charge < -0.3 is 10.1 Å². The van der Waals surface area contributed by atoms with Gasteiger partial charge in [0.05, 0.1) is 23.7 Å². The van der Waals surface area contributed by atoms with Gasteiger partial charge >= 0.3 is 0 Å². The maximum atomic E-state index is 14.3. The first-order valence-electron chi connectivity index (χ1n) is 9.49. The molecule has 27 heavy (non-hydrogen) atoms. The van der Waals surface area contributed by atoms with Gasteiger partial charge in [-0.3, -0.25) is 4.79 Å². The van der Waals surface area contributed by atoms with Crippen LogP contribution in [0.1, 0.15) is 43.5 Å². The minimum atomic E-state index is -3.78. The Balaban J connectivity index is 1.81. The van der Waals surface area contributed by atoms with Gasteiger partial charge in [0.15, 0.2) is 0 Å². The summed E-state index contributed by atoms with van der Waals surface area (Å²) >= 11 is 0. The molecular formula is C19H27FN2O4S. The Morgan fingerprint density at radius 3 is 2.63 bits per heavy atom. The van der Waals surface area contributed by atoms with Crippen LogP contribution in [0.15, 0.2) is 23.1 Å². The molecule has 1 N–H and O–H groups in total. The van der Waals surface area contributed by atoms with E-state index in [1.165, 1.54) is 10.4 Å². The normalized spacial score (nSPS) is 27.3. The first kappa shape index (κ1) is 20.2. The summed E-state index contributed by atoms with van der Waals surface area (Å²) in [6.07, 6.45) is 2.99. The molecule has 2 fully saturated rings. The van der Waals surface area contributed by atoms with Gasteiger partial charge in [0.2, 0.25) is 10.0 Å². The fraction of sp³-hybridized carbons (Fsp3) is 0.632. The largest absolute Gasteiger partial charge is 0.379 e. The Bertz CT molecular complexity index is 793. The van der Waals surface area contributed by atoms with Gasteiger partial charge in [0.1, 0.15) is 5.82 Å². The summed E-state index contributed by atoms with van der Waals surface area (Å²) in [5, 5.41) is 2.91.